The zero-order valence-electron chi connectivity index (χ0n) is 10.3. The first kappa shape index (κ1) is 16.9. The number of rotatable bonds is 6. The average Bonchev–Trinajstić information content (AvgIpc) is 2.76. The van der Waals surface area contributed by atoms with Gasteiger partial charge < -0.3 is 5.11 Å². The highest BCUT2D eigenvalue weighted by atomic mass is 32.2. The summed E-state index contributed by atoms with van der Waals surface area (Å²) in [6.45, 7) is -0.332. The molecule has 114 valence electrons. The summed E-state index contributed by atoms with van der Waals surface area (Å²) in [6, 6.07) is 0.862. The van der Waals surface area contributed by atoms with Gasteiger partial charge in [-0.05, 0) is 12.5 Å². The third-order valence-electron chi connectivity index (χ3n) is 2.25. The minimum Gasteiger partial charge on any atom is -0.478 e. The molecule has 1 aromatic heterocycles. The van der Waals surface area contributed by atoms with Gasteiger partial charge in [0.2, 0.25) is 0 Å². The van der Waals surface area contributed by atoms with Gasteiger partial charge in [0.25, 0.3) is 10.0 Å². The minimum absolute atomic E-state index is 0.215. The number of halogens is 3. The van der Waals surface area contributed by atoms with Crippen LogP contribution in [-0.2, 0) is 10.0 Å². The van der Waals surface area contributed by atoms with Gasteiger partial charge in [0.15, 0.2) is 0 Å². The van der Waals surface area contributed by atoms with Crippen LogP contribution in [0.3, 0.4) is 0 Å². The van der Waals surface area contributed by atoms with E-state index in [9.17, 15) is 26.4 Å². The monoisotopic (exact) mass is 331 g/mol. The number of alkyl halides is 3. The zero-order chi connectivity index (χ0) is 15.6. The summed E-state index contributed by atoms with van der Waals surface area (Å²) < 4.78 is 61.3. The fourth-order valence-electron chi connectivity index (χ4n) is 1.42. The summed E-state index contributed by atoms with van der Waals surface area (Å²) in [4.78, 5) is 10.7. The van der Waals surface area contributed by atoms with E-state index in [1.807, 2.05) is 0 Å². The lowest BCUT2D eigenvalue weighted by Crippen LogP contribution is -2.39. The van der Waals surface area contributed by atoms with Crippen molar-refractivity contribution >= 4 is 27.3 Å². The van der Waals surface area contributed by atoms with Crippen LogP contribution in [-0.4, -0.2) is 43.1 Å². The number of aromatic carboxylic acids is 1. The molecule has 1 aromatic rings. The Labute approximate surface area is 117 Å². The molecular formula is C10H12F3NO4S2. The van der Waals surface area contributed by atoms with Gasteiger partial charge >= 0.3 is 12.1 Å². The third kappa shape index (κ3) is 4.18. The van der Waals surface area contributed by atoms with Crippen LogP contribution < -0.4 is 0 Å². The summed E-state index contributed by atoms with van der Waals surface area (Å²) in [6.07, 6.45) is -4.44. The lowest BCUT2D eigenvalue weighted by molar-refractivity contribution is -0.136. The highest BCUT2D eigenvalue weighted by Crippen LogP contribution is 2.27. The van der Waals surface area contributed by atoms with Crippen molar-refractivity contribution in [2.24, 2.45) is 0 Å². The Kier molecular flexibility index (Phi) is 5.16. The Morgan fingerprint density at radius 3 is 2.45 bits per heavy atom. The fraction of sp³-hybridized carbons (Fsp3) is 0.500. The molecule has 0 fully saturated rings. The molecule has 0 aliphatic heterocycles. The smallest absolute Gasteiger partial charge is 0.402 e. The number of nitrogens with zero attached hydrogens (tertiary/aromatic N) is 1. The van der Waals surface area contributed by atoms with Gasteiger partial charge in [-0.1, -0.05) is 6.92 Å². The van der Waals surface area contributed by atoms with Crippen LogP contribution >= 0.6 is 11.3 Å². The molecule has 0 aliphatic carbocycles. The standard InChI is InChI=1S/C10H12F3NO4S2/c1-2-3-14(6-10(11,12)13)20(17,18)8-4-7(5-19-8)9(15)16/h4-5H,2-3,6H2,1H3,(H,15,16). The predicted molar refractivity (Wildman–Crippen MR) is 66.4 cm³/mol. The molecule has 0 radical (unpaired) electrons. The SMILES string of the molecule is CCCN(CC(F)(F)F)S(=O)(=O)c1cc(C(=O)O)cs1. The Bertz CT molecular complexity index is 580. The summed E-state index contributed by atoms with van der Waals surface area (Å²) in [5, 5.41) is 9.79. The van der Waals surface area contributed by atoms with Crippen LogP contribution in [0.15, 0.2) is 15.7 Å². The average molecular weight is 331 g/mol. The molecule has 0 spiro atoms. The van der Waals surface area contributed by atoms with E-state index >= 15 is 0 Å². The van der Waals surface area contributed by atoms with Gasteiger partial charge in [-0.3, -0.25) is 0 Å². The summed E-state index contributed by atoms with van der Waals surface area (Å²) in [5.41, 5.74) is -0.267. The molecule has 0 aliphatic rings. The molecular weight excluding hydrogens is 319 g/mol. The maximum Gasteiger partial charge on any atom is 0.402 e. The van der Waals surface area contributed by atoms with E-state index in [-0.39, 0.29) is 18.5 Å². The number of carboxylic acid groups (broad SMARTS) is 1. The topological polar surface area (TPSA) is 74.7 Å². The molecule has 20 heavy (non-hydrogen) atoms. The highest BCUT2D eigenvalue weighted by molar-refractivity contribution is 7.91. The summed E-state index contributed by atoms with van der Waals surface area (Å²) >= 11 is 0.587. The number of hydrogen-bond donors (Lipinski definition) is 1. The number of thiophene rings is 1. The Morgan fingerprint density at radius 1 is 1.45 bits per heavy atom. The van der Waals surface area contributed by atoms with Gasteiger partial charge in [-0.2, -0.15) is 17.5 Å². The van der Waals surface area contributed by atoms with Gasteiger partial charge in [0.05, 0.1) is 5.56 Å². The van der Waals surface area contributed by atoms with Crippen molar-refractivity contribution in [3.63, 3.8) is 0 Å². The molecule has 1 heterocycles. The van der Waals surface area contributed by atoms with Crippen molar-refractivity contribution in [3.8, 4) is 0 Å². The number of sulfonamides is 1. The van der Waals surface area contributed by atoms with Gasteiger partial charge in [-0.25, -0.2) is 13.2 Å². The van der Waals surface area contributed by atoms with Crippen LogP contribution in [0.2, 0.25) is 0 Å². The lowest BCUT2D eigenvalue weighted by Gasteiger charge is -2.21. The zero-order valence-corrected chi connectivity index (χ0v) is 12.0. The second kappa shape index (κ2) is 6.10. The summed E-state index contributed by atoms with van der Waals surface area (Å²) in [5.74, 6) is -1.33. The molecule has 0 unspecified atom stereocenters. The number of carbonyl (C=O) groups is 1. The third-order valence-corrected chi connectivity index (χ3v) is 5.51. The van der Waals surface area contributed by atoms with Crippen LogP contribution in [0.1, 0.15) is 23.7 Å². The quantitative estimate of drug-likeness (QED) is 0.869. The summed E-state index contributed by atoms with van der Waals surface area (Å²) in [7, 11) is -4.34. The van der Waals surface area contributed by atoms with Crippen LogP contribution in [0.5, 0.6) is 0 Å². The molecule has 0 saturated carbocycles. The van der Waals surface area contributed by atoms with E-state index < -0.39 is 32.9 Å². The maximum atomic E-state index is 12.4. The minimum atomic E-state index is -4.66. The van der Waals surface area contributed by atoms with Crippen molar-refractivity contribution in [2.75, 3.05) is 13.1 Å². The maximum absolute atomic E-state index is 12.4. The second-order valence-corrected chi connectivity index (χ2v) is 6.99. The molecule has 10 heteroatoms. The molecule has 0 saturated heterocycles. The number of carboxylic acids is 1. The normalized spacial score (nSPS) is 12.8. The first-order chi connectivity index (χ1) is 9.08. The van der Waals surface area contributed by atoms with Crippen molar-refractivity contribution in [1.29, 1.82) is 0 Å². The molecule has 1 rings (SSSR count). The van der Waals surface area contributed by atoms with E-state index in [4.69, 9.17) is 5.11 Å². The molecule has 0 bridgehead atoms. The molecule has 0 aromatic carbocycles. The number of hydrogen-bond acceptors (Lipinski definition) is 4. The Balaban J connectivity index is 3.11. The predicted octanol–water partition coefficient (Wildman–Crippen LogP) is 2.41. The molecule has 5 nitrogen and oxygen atoms in total. The Hall–Kier alpha value is -1.13. The first-order valence-corrected chi connectivity index (χ1v) is 7.78. The molecule has 0 atom stereocenters. The van der Waals surface area contributed by atoms with Crippen LogP contribution in [0.25, 0.3) is 0 Å². The van der Waals surface area contributed by atoms with Gasteiger partial charge in [0, 0.05) is 11.9 Å². The van der Waals surface area contributed by atoms with Gasteiger partial charge in [-0.15, -0.1) is 11.3 Å². The lowest BCUT2D eigenvalue weighted by atomic mass is 10.4. The second-order valence-electron chi connectivity index (χ2n) is 3.91. The Morgan fingerprint density at radius 2 is 2.05 bits per heavy atom. The first-order valence-electron chi connectivity index (χ1n) is 5.46. The van der Waals surface area contributed by atoms with Crippen molar-refractivity contribution in [3.05, 3.63) is 17.0 Å². The van der Waals surface area contributed by atoms with E-state index in [2.05, 4.69) is 0 Å². The van der Waals surface area contributed by atoms with Crippen molar-refractivity contribution in [2.45, 2.75) is 23.7 Å². The van der Waals surface area contributed by atoms with E-state index in [1.54, 1.807) is 6.92 Å². The largest absolute Gasteiger partial charge is 0.478 e. The van der Waals surface area contributed by atoms with E-state index in [0.29, 0.717) is 15.6 Å². The van der Waals surface area contributed by atoms with Crippen molar-refractivity contribution in [1.82, 2.24) is 4.31 Å². The van der Waals surface area contributed by atoms with E-state index in [1.165, 1.54) is 0 Å². The van der Waals surface area contributed by atoms with Gasteiger partial charge in [0.1, 0.15) is 10.8 Å². The van der Waals surface area contributed by atoms with Crippen LogP contribution in [0.4, 0.5) is 13.2 Å². The van der Waals surface area contributed by atoms with E-state index in [0.717, 1.165) is 11.4 Å². The van der Waals surface area contributed by atoms with Crippen molar-refractivity contribution < 1.29 is 31.5 Å². The van der Waals surface area contributed by atoms with Crippen LogP contribution in [0, 0.1) is 0 Å². The highest BCUT2D eigenvalue weighted by Gasteiger charge is 2.37. The fourth-order valence-corrected chi connectivity index (χ4v) is 4.25. The molecule has 0 amide bonds. The molecule has 1 N–H and O–H groups in total.